The summed E-state index contributed by atoms with van der Waals surface area (Å²) in [6.45, 7) is 0.369. The van der Waals surface area contributed by atoms with E-state index in [1.807, 2.05) is 0 Å². The lowest BCUT2D eigenvalue weighted by Gasteiger charge is -2.09. The quantitative estimate of drug-likeness (QED) is 0.797. The van der Waals surface area contributed by atoms with Crippen LogP contribution in [0.2, 0.25) is 5.02 Å². The second-order valence-corrected chi connectivity index (χ2v) is 6.17. The molecule has 0 spiro atoms. The number of aryl methyl sites for hydroxylation is 1. The molecule has 0 bridgehead atoms. The van der Waals surface area contributed by atoms with Crippen molar-refractivity contribution in [2.45, 2.75) is 13.0 Å². The summed E-state index contributed by atoms with van der Waals surface area (Å²) in [6, 6.07) is 2.94. The normalized spacial score (nSPS) is 10.6. The maximum atomic E-state index is 13.7. The maximum Gasteiger partial charge on any atom is 0.226 e. The van der Waals surface area contributed by atoms with Gasteiger partial charge in [0, 0.05) is 28.1 Å². The third-order valence-electron chi connectivity index (χ3n) is 2.44. The molecule has 0 aliphatic carbocycles. The smallest absolute Gasteiger partial charge is 0.226 e. The van der Waals surface area contributed by atoms with E-state index in [4.69, 9.17) is 11.6 Å². The zero-order valence-corrected chi connectivity index (χ0v) is 14.0. The summed E-state index contributed by atoms with van der Waals surface area (Å²) in [7, 11) is 0. The minimum absolute atomic E-state index is 0.122. The molecule has 1 N–H and O–H groups in total. The Morgan fingerprint density at radius 1 is 1.45 bits per heavy atom. The highest BCUT2D eigenvalue weighted by Crippen LogP contribution is 2.29. The van der Waals surface area contributed by atoms with E-state index in [1.165, 1.54) is 12.3 Å². The average molecular weight is 425 g/mol. The van der Waals surface area contributed by atoms with Gasteiger partial charge in [-0.3, -0.25) is 9.48 Å². The van der Waals surface area contributed by atoms with Gasteiger partial charge < -0.3 is 5.32 Å². The summed E-state index contributed by atoms with van der Waals surface area (Å²) in [6.07, 6.45) is 3.27. The predicted molar refractivity (Wildman–Crippen MR) is 82.3 cm³/mol. The van der Waals surface area contributed by atoms with Gasteiger partial charge in [0.15, 0.2) is 0 Å². The Labute approximate surface area is 136 Å². The number of hydrogen-bond acceptors (Lipinski definition) is 2. The Bertz CT molecular complexity index is 624. The second kappa shape index (κ2) is 6.69. The Hall–Kier alpha value is -0.920. The van der Waals surface area contributed by atoms with Gasteiger partial charge in [-0.25, -0.2) is 4.39 Å². The highest BCUT2D eigenvalue weighted by atomic mass is 79.9. The van der Waals surface area contributed by atoms with Gasteiger partial charge in [-0.1, -0.05) is 27.5 Å². The van der Waals surface area contributed by atoms with E-state index in [9.17, 15) is 9.18 Å². The third-order valence-corrected chi connectivity index (χ3v) is 3.72. The zero-order chi connectivity index (χ0) is 14.7. The van der Waals surface area contributed by atoms with Gasteiger partial charge in [0.25, 0.3) is 0 Å². The number of halogens is 4. The van der Waals surface area contributed by atoms with Crippen molar-refractivity contribution in [2.24, 2.45) is 0 Å². The lowest BCUT2D eigenvalue weighted by Crippen LogP contribution is -2.16. The standard InChI is InChI=1S/C12H9Br2ClFN3O/c13-7-3-9(14)12(10(16)4-7)18-11(20)1-2-19-6-8(15)5-17-19/h3-6H,1-2H2,(H,18,20). The van der Waals surface area contributed by atoms with Crippen LogP contribution in [0.5, 0.6) is 0 Å². The van der Waals surface area contributed by atoms with Crippen LogP contribution < -0.4 is 5.32 Å². The summed E-state index contributed by atoms with van der Waals surface area (Å²) in [5.41, 5.74) is 0.122. The number of anilines is 1. The van der Waals surface area contributed by atoms with E-state index in [2.05, 4.69) is 42.3 Å². The molecule has 0 radical (unpaired) electrons. The Balaban J connectivity index is 1.98. The fourth-order valence-corrected chi connectivity index (χ4v) is 2.97. The SMILES string of the molecule is O=C(CCn1cc(Cl)cn1)Nc1c(F)cc(Br)cc1Br. The van der Waals surface area contributed by atoms with E-state index in [0.29, 0.717) is 20.5 Å². The van der Waals surface area contributed by atoms with Gasteiger partial charge in [-0.15, -0.1) is 0 Å². The highest BCUT2D eigenvalue weighted by Gasteiger charge is 2.12. The van der Waals surface area contributed by atoms with Gasteiger partial charge in [0.1, 0.15) is 5.82 Å². The summed E-state index contributed by atoms with van der Waals surface area (Å²) in [5, 5.41) is 6.99. The average Bonchev–Trinajstić information content (AvgIpc) is 2.77. The Morgan fingerprint density at radius 2 is 2.20 bits per heavy atom. The second-order valence-electron chi connectivity index (χ2n) is 3.96. The molecular formula is C12H9Br2ClFN3O. The molecule has 8 heteroatoms. The molecule has 1 aromatic heterocycles. The molecule has 0 fully saturated rings. The Morgan fingerprint density at radius 3 is 2.80 bits per heavy atom. The number of nitrogens with zero attached hydrogens (tertiary/aromatic N) is 2. The van der Waals surface area contributed by atoms with Crippen molar-refractivity contribution in [3.05, 3.63) is 44.3 Å². The number of nitrogens with one attached hydrogen (secondary N) is 1. The topological polar surface area (TPSA) is 46.9 Å². The highest BCUT2D eigenvalue weighted by molar-refractivity contribution is 9.11. The number of carbonyl (C=O) groups is 1. The number of hydrogen-bond donors (Lipinski definition) is 1. The van der Waals surface area contributed by atoms with Gasteiger partial charge >= 0.3 is 0 Å². The lowest BCUT2D eigenvalue weighted by molar-refractivity contribution is -0.116. The molecule has 1 heterocycles. The van der Waals surface area contributed by atoms with Crippen molar-refractivity contribution >= 4 is 55.1 Å². The first-order chi connectivity index (χ1) is 9.45. The molecule has 1 aromatic carbocycles. The molecule has 4 nitrogen and oxygen atoms in total. The molecule has 2 rings (SSSR count). The molecule has 20 heavy (non-hydrogen) atoms. The van der Waals surface area contributed by atoms with Crippen LogP contribution in [0.4, 0.5) is 10.1 Å². The summed E-state index contributed by atoms with van der Waals surface area (Å²) < 4.78 is 16.3. The van der Waals surface area contributed by atoms with Crippen LogP contribution in [0.25, 0.3) is 0 Å². The van der Waals surface area contributed by atoms with Gasteiger partial charge in [-0.05, 0) is 28.1 Å². The van der Waals surface area contributed by atoms with Crippen LogP contribution in [0.15, 0.2) is 33.5 Å². The molecule has 0 atom stereocenters. The predicted octanol–water partition coefficient (Wildman–Crippen LogP) is 4.23. The summed E-state index contributed by atoms with van der Waals surface area (Å²) in [4.78, 5) is 11.8. The van der Waals surface area contributed by atoms with Gasteiger partial charge in [0.05, 0.1) is 16.9 Å². The molecular weight excluding hydrogens is 416 g/mol. The summed E-state index contributed by atoms with van der Waals surface area (Å²) in [5.74, 6) is -0.819. The van der Waals surface area contributed by atoms with E-state index in [0.717, 1.165) is 0 Å². The first-order valence-corrected chi connectivity index (χ1v) is 7.54. The molecule has 0 aliphatic rings. The molecule has 0 saturated carbocycles. The molecule has 0 saturated heterocycles. The van der Waals surface area contributed by atoms with Crippen molar-refractivity contribution in [3.63, 3.8) is 0 Å². The van der Waals surface area contributed by atoms with Crippen molar-refractivity contribution in [1.29, 1.82) is 0 Å². The van der Waals surface area contributed by atoms with E-state index in [-0.39, 0.29) is 18.0 Å². The first kappa shape index (κ1) is 15.5. The third kappa shape index (κ3) is 4.04. The van der Waals surface area contributed by atoms with Crippen LogP contribution in [0.3, 0.4) is 0 Å². The van der Waals surface area contributed by atoms with Gasteiger partial charge in [-0.2, -0.15) is 5.10 Å². The lowest BCUT2D eigenvalue weighted by atomic mass is 10.3. The number of amides is 1. The largest absolute Gasteiger partial charge is 0.323 e. The van der Waals surface area contributed by atoms with E-state index >= 15 is 0 Å². The first-order valence-electron chi connectivity index (χ1n) is 5.58. The van der Waals surface area contributed by atoms with Crippen molar-refractivity contribution < 1.29 is 9.18 Å². The molecule has 106 valence electrons. The molecule has 0 unspecified atom stereocenters. The number of aromatic nitrogens is 2. The van der Waals surface area contributed by atoms with Crippen molar-refractivity contribution in [1.82, 2.24) is 9.78 Å². The van der Waals surface area contributed by atoms with Crippen LogP contribution in [-0.4, -0.2) is 15.7 Å². The zero-order valence-electron chi connectivity index (χ0n) is 10.0. The molecule has 0 aliphatic heterocycles. The summed E-state index contributed by atoms with van der Waals surface area (Å²) >= 11 is 12.1. The van der Waals surface area contributed by atoms with Gasteiger partial charge in [0.2, 0.25) is 5.91 Å². The van der Waals surface area contributed by atoms with Crippen molar-refractivity contribution in [3.8, 4) is 0 Å². The fourth-order valence-electron chi connectivity index (χ4n) is 1.54. The van der Waals surface area contributed by atoms with Crippen molar-refractivity contribution in [2.75, 3.05) is 5.32 Å². The minimum atomic E-state index is -0.512. The van der Waals surface area contributed by atoms with Crippen LogP contribution in [0.1, 0.15) is 6.42 Å². The monoisotopic (exact) mass is 423 g/mol. The maximum absolute atomic E-state index is 13.7. The molecule has 1 amide bonds. The molecule has 2 aromatic rings. The van der Waals surface area contributed by atoms with Crippen LogP contribution in [-0.2, 0) is 11.3 Å². The number of benzene rings is 1. The number of rotatable bonds is 4. The minimum Gasteiger partial charge on any atom is -0.323 e. The van der Waals surface area contributed by atoms with E-state index < -0.39 is 5.82 Å². The number of carbonyl (C=O) groups excluding carboxylic acids is 1. The van der Waals surface area contributed by atoms with Crippen LogP contribution in [0, 0.1) is 5.82 Å². The van der Waals surface area contributed by atoms with Crippen LogP contribution >= 0.6 is 43.5 Å². The Kier molecular flexibility index (Phi) is 5.17. The fraction of sp³-hybridized carbons (Fsp3) is 0.167. The van der Waals surface area contributed by atoms with E-state index in [1.54, 1.807) is 16.9 Å².